The minimum Gasteiger partial charge on any atom is -0.445 e. The van der Waals surface area contributed by atoms with Gasteiger partial charge in [0.05, 0.1) is 5.69 Å². The van der Waals surface area contributed by atoms with Gasteiger partial charge < -0.3 is 9.73 Å². The highest BCUT2D eigenvalue weighted by atomic mass is 16.4. The minimum absolute atomic E-state index is 0.458. The van der Waals surface area contributed by atoms with Gasteiger partial charge in [-0.05, 0) is 45.7 Å². The molecule has 2 rings (SSSR count). The summed E-state index contributed by atoms with van der Waals surface area (Å²) in [7, 11) is 0. The summed E-state index contributed by atoms with van der Waals surface area (Å²) in [6.07, 6.45) is 2.48. The summed E-state index contributed by atoms with van der Waals surface area (Å²) >= 11 is 0. The summed E-state index contributed by atoms with van der Waals surface area (Å²) in [5, 5.41) is 3.39. The van der Waals surface area contributed by atoms with Crippen molar-refractivity contribution in [3.63, 3.8) is 0 Å². The lowest BCUT2D eigenvalue weighted by molar-refractivity contribution is 0.291. The molecule has 0 radical (unpaired) electrons. The molecule has 1 aromatic rings. The van der Waals surface area contributed by atoms with Gasteiger partial charge in [0.15, 0.2) is 5.89 Å². The van der Waals surface area contributed by atoms with E-state index < -0.39 is 0 Å². The molecule has 2 heterocycles. The first-order valence-electron chi connectivity index (χ1n) is 5.83. The highest BCUT2D eigenvalue weighted by Crippen LogP contribution is 2.30. The van der Waals surface area contributed by atoms with E-state index in [1.807, 2.05) is 13.8 Å². The van der Waals surface area contributed by atoms with Crippen molar-refractivity contribution in [2.45, 2.75) is 39.5 Å². The number of hydrogen-bond acceptors (Lipinski definition) is 3. The van der Waals surface area contributed by atoms with Gasteiger partial charge in [-0.3, -0.25) is 0 Å². The Labute approximate surface area is 91.3 Å². The van der Waals surface area contributed by atoms with E-state index in [1.165, 1.54) is 12.8 Å². The maximum atomic E-state index is 5.70. The third kappa shape index (κ3) is 2.23. The fourth-order valence-electron chi connectivity index (χ4n) is 2.24. The smallest absolute Gasteiger partial charge is 0.197 e. The maximum absolute atomic E-state index is 5.70. The van der Waals surface area contributed by atoms with Gasteiger partial charge in [0.25, 0.3) is 0 Å². The van der Waals surface area contributed by atoms with Crippen LogP contribution in [0.2, 0.25) is 0 Å². The van der Waals surface area contributed by atoms with E-state index in [2.05, 4.69) is 17.2 Å². The molecule has 1 aromatic heterocycles. The Balaban J connectivity index is 2.08. The average Bonchev–Trinajstić information content (AvgIpc) is 2.59. The number of piperidine rings is 1. The summed E-state index contributed by atoms with van der Waals surface area (Å²) in [5.41, 5.74) is 1.03. The Kier molecular flexibility index (Phi) is 3.10. The van der Waals surface area contributed by atoms with Crippen LogP contribution in [-0.4, -0.2) is 18.1 Å². The molecular weight excluding hydrogens is 188 g/mol. The molecule has 3 nitrogen and oxygen atoms in total. The lowest BCUT2D eigenvalue weighted by Gasteiger charge is -2.26. The zero-order valence-corrected chi connectivity index (χ0v) is 9.84. The van der Waals surface area contributed by atoms with Gasteiger partial charge in [0.1, 0.15) is 5.76 Å². The van der Waals surface area contributed by atoms with Crippen molar-refractivity contribution >= 4 is 0 Å². The summed E-state index contributed by atoms with van der Waals surface area (Å²) < 4.78 is 5.70. The van der Waals surface area contributed by atoms with Gasteiger partial charge in [0, 0.05) is 5.92 Å². The number of oxazole rings is 1. The van der Waals surface area contributed by atoms with E-state index in [-0.39, 0.29) is 0 Å². The highest BCUT2D eigenvalue weighted by molar-refractivity contribution is 5.08. The second-order valence-electron chi connectivity index (χ2n) is 4.57. The molecule has 84 valence electrons. The molecule has 1 fully saturated rings. The van der Waals surface area contributed by atoms with Crippen molar-refractivity contribution in [3.05, 3.63) is 17.3 Å². The Morgan fingerprint density at radius 2 is 2.00 bits per heavy atom. The first-order chi connectivity index (χ1) is 7.18. The van der Waals surface area contributed by atoms with Crippen molar-refractivity contribution in [2.24, 2.45) is 5.92 Å². The lowest BCUT2D eigenvalue weighted by Crippen LogP contribution is -2.30. The highest BCUT2D eigenvalue weighted by Gasteiger charge is 2.25. The molecule has 1 unspecified atom stereocenters. The summed E-state index contributed by atoms with van der Waals surface area (Å²) in [5.74, 6) is 3.07. The largest absolute Gasteiger partial charge is 0.445 e. The number of aryl methyl sites for hydroxylation is 2. The summed E-state index contributed by atoms with van der Waals surface area (Å²) in [4.78, 5) is 4.50. The summed E-state index contributed by atoms with van der Waals surface area (Å²) in [6.45, 7) is 8.50. The van der Waals surface area contributed by atoms with E-state index in [0.717, 1.165) is 36.4 Å². The number of rotatable bonds is 2. The van der Waals surface area contributed by atoms with Gasteiger partial charge in [0.2, 0.25) is 0 Å². The van der Waals surface area contributed by atoms with Crippen LogP contribution in [0.15, 0.2) is 4.42 Å². The van der Waals surface area contributed by atoms with E-state index >= 15 is 0 Å². The molecule has 0 aliphatic carbocycles. The van der Waals surface area contributed by atoms with Crippen molar-refractivity contribution in [1.29, 1.82) is 0 Å². The average molecular weight is 208 g/mol. The van der Waals surface area contributed by atoms with Crippen molar-refractivity contribution in [2.75, 3.05) is 13.1 Å². The quantitative estimate of drug-likeness (QED) is 0.811. The van der Waals surface area contributed by atoms with Gasteiger partial charge in [-0.15, -0.1) is 0 Å². The second kappa shape index (κ2) is 4.35. The van der Waals surface area contributed by atoms with E-state index in [9.17, 15) is 0 Å². The molecule has 0 saturated carbocycles. The molecule has 1 atom stereocenters. The fraction of sp³-hybridized carbons (Fsp3) is 0.750. The van der Waals surface area contributed by atoms with Gasteiger partial charge >= 0.3 is 0 Å². The SMILES string of the molecule is Cc1nc(C(C)C2CCNCC2)oc1C. The Morgan fingerprint density at radius 1 is 1.33 bits per heavy atom. The zero-order valence-electron chi connectivity index (χ0n) is 9.84. The number of hydrogen-bond donors (Lipinski definition) is 1. The lowest BCUT2D eigenvalue weighted by atomic mass is 9.86. The third-order valence-electron chi connectivity index (χ3n) is 3.53. The van der Waals surface area contributed by atoms with Crippen molar-refractivity contribution in [3.8, 4) is 0 Å². The fourth-order valence-corrected chi connectivity index (χ4v) is 2.24. The van der Waals surface area contributed by atoms with Crippen molar-refractivity contribution in [1.82, 2.24) is 10.3 Å². The molecule has 0 bridgehead atoms. The van der Waals surface area contributed by atoms with Gasteiger partial charge in [-0.1, -0.05) is 6.92 Å². The van der Waals surface area contributed by atoms with Crippen LogP contribution < -0.4 is 5.32 Å². The van der Waals surface area contributed by atoms with E-state index in [0.29, 0.717) is 5.92 Å². The molecule has 1 aliphatic rings. The predicted octanol–water partition coefficient (Wildman–Crippen LogP) is 2.39. The minimum atomic E-state index is 0.458. The van der Waals surface area contributed by atoms with Crippen molar-refractivity contribution < 1.29 is 4.42 Å². The molecule has 1 saturated heterocycles. The second-order valence-corrected chi connectivity index (χ2v) is 4.57. The molecule has 15 heavy (non-hydrogen) atoms. The van der Waals surface area contributed by atoms with E-state index in [1.54, 1.807) is 0 Å². The number of nitrogens with zero attached hydrogens (tertiary/aromatic N) is 1. The van der Waals surface area contributed by atoms with Crippen LogP contribution in [0.5, 0.6) is 0 Å². The molecule has 1 N–H and O–H groups in total. The molecular formula is C12H20N2O. The molecule has 0 amide bonds. The van der Waals surface area contributed by atoms with E-state index in [4.69, 9.17) is 4.42 Å². The Morgan fingerprint density at radius 3 is 2.53 bits per heavy atom. The van der Waals surface area contributed by atoms with Crippen LogP contribution in [0.25, 0.3) is 0 Å². The normalized spacial score (nSPS) is 20.5. The zero-order chi connectivity index (χ0) is 10.8. The molecule has 0 spiro atoms. The van der Waals surface area contributed by atoms with Gasteiger partial charge in [-0.25, -0.2) is 4.98 Å². The monoisotopic (exact) mass is 208 g/mol. The Bertz CT molecular complexity index is 307. The molecule has 3 heteroatoms. The van der Waals surface area contributed by atoms with Crippen LogP contribution in [0, 0.1) is 19.8 Å². The topological polar surface area (TPSA) is 38.1 Å². The van der Waals surface area contributed by atoms with Gasteiger partial charge in [-0.2, -0.15) is 0 Å². The third-order valence-corrected chi connectivity index (χ3v) is 3.53. The van der Waals surface area contributed by atoms with Crippen LogP contribution in [-0.2, 0) is 0 Å². The van der Waals surface area contributed by atoms with Crippen LogP contribution >= 0.6 is 0 Å². The predicted molar refractivity (Wildman–Crippen MR) is 60.0 cm³/mol. The number of nitrogens with one attached hydrogen (secondary N) is 1. The maximum Gasteiger partial charge on any atom is 0.197 e. The summed E-state index contributed by atoms with van der Waals surface area (Å²) in [6, 6.07) is 0. The number of aromatic nitrogens is 1. The molecule has 0 aromatic carbocycles. The van der Waals surface area contributed by atoms with Crippen LogP contribution in [0.1, 0.15) is 43.0 Å². The first kappa shape index (κ1) is 10.7. The van der Waals surface area contributed by atoms with Crippen LogP contribution in [0.3, 0.4) is 0 Å². The standard InChI is InChI=1S/C12H20N2O/c1-8(11-4-6-13-7-5-11)12-14-9(2)10(3)15-12/h8,11,13H,4-7H2,1-3H3. The molecule has 1 aliphatic heterocycles. The van der Waals surface area contributed by atoms with Crippen LogP contribution in [0.4, 0.5) is 0 Å². The Hall–Kier alpha value is -0.830. The first-order valence-corrected chi connectivity index (χ1v) is 5.83.